The van der Waals surface area contributed by atoms with E-state index in [1.165, 1.54) is 18.9 Å². The van der Waals surface area contributed by atoms with Crippen molar-refractivity contribution in [3.8, 4) is 11.5 Å². The molecule has 0 saturated carbocycles. The Morgan fingerprint density at radius 1 is 1.04 bits per heavy atom. The number of H-pyrrole nitrogens is 1. The van der Waals surface area contributed by atoms with E-state index in [9.17, 15) is 14.4 Å². The van der Waals surface area contributed by atoms with Crippen LogP contribution in [0.5, 0.6) is 11.5 Å². The van der Waals surface area contributed by atoms with E-state index in [1.807, 2.05) is 6.07 Å². The van der Waals surface area contributed by atoms with E-state index in [-0.39, 0.29) is 16.7 Å². The maximum atomic E-state index is 12.4. The van der Waals surface area contributed by atoms with Crippen molar-refractivity contribution in [2.75, 3.05) is 14.2 Å². The minimum Gasteiger partial charge on any atom is -0.493 e. The Bertz CT molecular complexity index is 935. The molecule has 0 unspecified atom stereocenters. The van der Waals surface area contributed by atoms with Crippen LogP contribution >= 0.6 is 23.1 Å². The molecule has 1 saturated heterocycles. The van der Waals surface area contributed by atoms with Gasteiger partial charge in [-0.2, -0.15) is 0 Å². The largest absolute Gasteiger partial charge is 0.493 e. The van der Waals surface area contributed by atoms with Gasteiger partial charge in [-0.15, -0.1) is 0 Å². The van der Waals surface area contributed by atoms with E-state index in [1.54, 1.807) is 19.2 Å². The van der Waals surface area contributed by atoms with E-state index < -0.39 is 17.1 Å². The highest BCUT2D eigenvalue weighted by Crippen LogP contribution is 2.51. The predicted octanol–water partition coefficient (Wildman–Crippen LogP) is 1.33. The fraction of sp³-hybridized carbons (Fsp3) is 0.312. The van der Waals surface area contributed by atoms with Gasteiger partial charge < -0.3 is 14.5 Å². The van der Waals surface area contributed by atoms with Crippen LogP contribution < -0.4 is 19.7 Å². The number of nitrogens with one attached hydrogen (secondary N) is 2. The smallest absolute Gasteiger partial charge is 0.305 e. The summed E-state index contributed by atoms with van der Waals surface area (Å²) in [5.41, 5.74) is 0.800. The molecular formula is C16H14N2O5S2. The zero-order chi connectivity index (χ0) is 17.7. The Kier molecular flexibility index (Phi) is 3.84. The first kappa shape index (κ1) is 16.2. The Labute approximate surface area is 150 Å². The summed E-state index contributed by atoms with van der Waals surface area (Å²) >= 11 is 2.32. The molecule has 2 aromatic rings. The molecule has 2 N–H and O–H groups in total. The number of hydrogen-bond acceptors (Lipinski definition) is 7. The lowest BCUT2D eigenvalue weighted by Crippen LogP contribution is -2.31. The van der Waals surface area contributed by atoms with Crippen molar-refractivity contribution in [1.29, 1.82) is 0 Å². The fourth-order valence-corrected chi connectivity index (χ4v) is 5.82. The van der Waals surface area contributed by atoms with Gasteiger partial charge in [-0.05, 0) is 17.7 Å². The van der Waals surface area contributed by atoms with Crippen LogP contribution in [0.2, 0.25) is 0 Å². The normalized spacial score (nSPS) is 24.5. The lowest BCUT2D eigenvalue weighted by atomic mass is 9.83. The Morgan fingerprint density at radius 2 is 1.80 bits per heavy atom. The summed E-state index contributed by atoms with van der Waals surface area (Å²) in [5.74, 6) is -0.477. The van der Waals surface area contributed by atoms with E-state index in [2.05, 4.69) is 10.3 Å². The summed E-state index contributed by atoms with van der Waals surface area (Å²) in [6.45, 7) is 0. The first-order valence-corrected chi connectivity index (χ1v) is 9.19. The second-order valence-electron chi connectivity index (χ2n) is 5.72. The maximum absolute atomic E-state index is 12.4. The number of methoxy groups -OCH3 is 2. The van der Waals surface area contributed by atoms with Gasteiger partial charge in [0.2, 0.25) is 11.8 Å². The summed E-state index contributed by atoms with van der Waals surface area (Å²) in [4.78, 5) is 39.8. The average molecular weight is 378 g/mol. The van der Waals surface area contributed by atoms with Crippen molar-refractivity contribution in [3.05, 3.63) is 38.3 Å². The summed E-state index contributed by atoms with van der Waals surface area (Å²) in [6.07, 6.45) is 0. The Morgan fingerprint density at radius 3 is 2.52 bits per heavy atom. The van der Waals surface area contributed by atoms with Gasteiger partial charge in [-0.3, -0.25) is 19.7 Å². The summed E-state index contributed by atoms with van der Waals surface area (Å²) in [5, 5.41) is 2.51. The fourth-order valence-electron chi connectivity index (χ4n) is 3.34. The Balaban J connectivity index is 1.90. The van der Waals surface area contributed by atoms with Gasteiger partial charge in [0.15, 0.2) is 11.5 Å². The average Bonchev–Trinajstić information content (AvgIpc) is 3.11. The third kappa shape index (κ3) is 2.46. The molecule has 3 heterocycles. The Hall–Kier alpha value is -2.26. The molecule has 130 valence electrons. The van der Waals surface area contributed by atoms with Crippen LogP contribution in [0.25, 0.3) is 0 Å². The van der Waals surface area contributed by atoms with Crippen molar-refractivity contribution in [1.82, 2.24) is 10.3 Å². The number of fused-ring (bicyclic) bond motifs is 2. The van der Waals surface area contributed by atoms with Crippen LogP contribution in [0, 0.1) is 5.92 Å². The minimum absolute atomic E-state index is 0.198. The van der Waals surface area contributed by atoms with Crippen LogP contribution in [0.4, 0.5) is 0 Å². The molecule has 0 bridgehead atoms. The SMILES string of the molecule is COc1ccc([C@@H]2c3sc(=O)[nH]c3S[C@@H]3C(=O)NC(=O)[C@H]23)cc1OC. The van der Waals surface area contributed by atoms with Crippen molar-refractivity contribution in [2.45, 2.75) is 16.2 Å². The molecule has 25 heavy (non-hydrogen) atoms. The minimum atomic E-state index is -0.561. The van der Waals surface area contributed by atoms with Crippen LogP contribution in [-0.4, -0.2) is 36.3 Å². The number of amides is 2. The highest BCUT2D eigenvalue weighted by Gasteiger charge is 2.52. The van der Waals surface area contributed by atoms with Gasteiger partial charge in [-0.25, -0.2) is 0 Å². The molecule has 2 aliphatic rings. The molecule has 1 fully saturated rings. The maximum Gasteiger partial charge on any atom is 0.305 e. The number of benzene rings is 1. The summed E-state index contributed by atoms with van der Waals surface area (Å²) < 4.78 is 10.6. The molecule has 0 radical (unpaired) electrons. The first-order chi connectivity index (χ1) is 12.0. The van der Waals surface area contributed by atoms with E-state index in [0.717, 1.165) is 21.8 Å². The lowest BCUT2D eigenvalue weighted by molar-refractivity contribution is -0.125. The molecule has 1 aromatic heterocycles. The van der Waals surface area contributed by atoms with E-state index in [0.29, 0.717) is 16.5 Å². The molecule has 0 aliphatic carbocycles. The van der Waals surface area contributed by atoms with Gasteiger partial charge in [-0.1, -0.05) is 29.2 Å². The number of aromatic nitrogens is 1. The van der Waals surface area contributed by atoms with Crippen molar-refractivity contribution >= 4 is 34.9 Å². The van der Waals surface area contributed by atoms with Crippen molar-refractivity contribution in [2.24, 2.45) is 5.92 Å². The second-order valence-corrected chi connectivity index (χ2v) is 7.88. The van der Waals surface area contributed by atoms with Crippen LogP contribution in [0.15, 0.2) is 28.0 Å². The second kappa shape index (κ2) is 5.92. The van der Waals surface area contributed by atoms with Gasteiger partial charge in [0.05, 0.1) is 25.2 Å². The van der Waals surface area contributed by atoms with Crippen LogP contribution in [-0.2, 0) is 9.59 Å². The molecule has 4 rings (SSSR count). The molecule has 2 aliphatic heterocycles. The molecule has 1 aromatic carbocycles. The van der Waals surface area contributed by atoms with Crippen LogP contribution in [0.1, 0.15) is 16.4 Å². The number of ether oxygens (including phenoxy) is 2. The topological polar surface area (TPSA) is 97.5 Å². The standard InChI is InChI=1S/C16H14N2O5S2/c1-22-7-4-3-6(5-8(7)23-2)9-10-11(14(20)17-13(10)19)24-15-12(9)25-16(21)18-15/h3-5,9-11H,1-2H3,(H,18,21)(H,17,19,20)/t9-,10+,11-/m0/s1. The third-order valence-electron chi connectivity index (χ3n) is 4.43. The number of carbonyl (C=O) groups excluding carboxylic acids is 2. The predicted molar refractivity (Wildman–Crippen MR) is 92.6 cm³/mol. The molecular weight excluding hydrogens is 364 g/mol. The number of aromatic amines is 1. The molecule has 0 spiro atoms. The zero-order valence-electron chi connectivity index (χ0n) is 13.3. The van der Waals surface area contributed by atoms with Gasteiger partial charge >= 0.3 is 4.87 Å². The summed E-state index contributed by atoms with van der Waals surface area (Å²) in [6, 6.07) is 5.39. The monoisotopic (exact) mass is 378 g/mol. The van der Waals surface area contributed by atoms with Crippen LogP contribution in [0.3, 0.4) is 0 Å². The van der Waals surface area contributed by atoms with E-state index >= 15 is 0 Å². The van der Waals surface area contributed by atoms with Gasteiger partial charge in [0.25, 0.3) is 0 Å². The first-order valence-electron chi connectivity index (χ1n) is 7.49. The molecule has 3 atom stereocenters. The number of thiazole rings is 1. The number of rotatable bonds is 3. The quantitative estimate of drug-likeness (QED) is 0.782. The molecule has 9 heteroatoms. The number of hydrogen-bond donors (Lipinski definition) is 2. The number of thioether (sulfide) groups is 1. The molecule has 2 amide bonds. The number of carbonyl (C=O) groups is 2. The van der Waals surface area contributed by atoms with Crippen molar-refractivity contribution < 1.29 is 19.1 Å². The van der Waals surface area contributed by atoms with Crippen molar-refractivity contribution in [3.63, 3.8) is 0 Å². The van der Waals surface area contributed by atoms with E-state index in [4.69, 9.17) is 9.47 Å². The highest BCUT2D eigenvalue weighted by atomic mass is 32.2. The van der Waals surface area contributed by atoms with Gasteiger partial charge in [0, 0.05) is 10.8 Å². The third-order valence-corrected chi connectivity index (χ3v) is 6.84. The van der Waals surface area contributed by atoms with Gasteiger partial charge in [0.1, 0.15) is 5.25 Å². The number of imide groups is 1. The zero-order valence-corrected chi connectivity index (χ0v) is 15.0. The summed E-state index contributed by atoms with van der Waals surface area (Å²) in [7, 11) is 3.08. The lowest BCUT2D eigenvalue weighted by Gasteiger charge is -2.30. The molecule has 7 nitrogen and oxygen atoms in total. The highest BCUT2D eigenvalue weighted by molar-refractivity contribution is 8.00.